The van der Waals surface area contributed by atoms with Crippen LogP contribution in [-0.2, 0) is 0 Å². The van der Waals surface area contributed by atoms with E-state index in [9.17, 15) is 4.79 Å². The summed E-state index contributed by atoms with van der Waals surface area (Å²) in [5.74, 6) is 1.39. The molecule has 4 heteroatoms. The molecule has 2 N–H and O–H groups in total. The molecule has 1 aromatic heterocycles. The molecule has 4 nitrogen and oxygen atoms in total. The van der Waals surface area contributed by atoms with Crippen LogP contribution in [0.15, 0.2) is 17.2 Å². The first-order valence-electron chi connectivity index (χ1n) is 5.14. The highest BCUT2D eigenvalue weighted by molar-refractivity contribution is 5.29. The van der Waals surface area contributed by atoms with Crippen LogP contribution in [-0.4, -0.2) is 16.5 Å². The van der Waals surface area contributed by atoms with Crippen molar-refractivity contribution in [1.82, 2.24) is 9.97 Å². The largest absolute Gasteiger partial charge is 0.365 e. The number of anilines is 1. The first-order valence-corrected chi connectivity index (χ1v) is 5.14. The van der Waals surface area contributed by atoms with E-state index in [4.69, 9.17) is 0 Å². The van der Waals surface area contributed by atoms with Gasteiger partial charge in [-0.05, 0) is 18.8 Å². The van der Waals surface area contributed by atoms with Crippen LogP contribution in [0.5, 0.6) is 0 Å². The number of aromatic nitrogens is 2. The van der Waals surface area contributed by atoms with Gasteiger partial charge in [0, 0.05) is 18.9 Å². The normalized spacial score (nSPS) is 15.4. The van der Waals surface area contributed by atoms with Gasteiger partial charge in [-0.25, -0.2) is 4.98 Å². The second kappa shape index (κ2) is 4.26. The molecule has 1 heterocycles. The highest BCUT2D eigenvalue weighted by Crippen LogP contribution is 2.33. The van der Waals surface area contributed by atoms with Gasteiger partial charge in [-0.3, -0.25) is 4.79 Å². The molecular formula is C10H15N3O. The van der Waals surface area contributed by atoms with Crippen LogP contribution < -0.4 is 10.9 Å². The van der Waals surface area contributed by atoms with Crippen molar-refractivity contribution in [1.29, 1.82) is 0 Å². The van der Waals surface area contributed by atoms with Gasteiger partial charge in [-0.15, -0.1) is 0 Å². The third kappa shape index (κ3) is 2.58. The SMILES string of the molecule is O=c1[nH]ccnc1NCCCC1CC1. The predicted octanol–water partition coefficient (Wildman–Crippen LogP) is 1.37. The summed E-state index contributed by atoms with van der Waals surface area (Å²) in [7, 11) is 0. The Kier molecular flexibility index (Phi) is 2.81. The molecule has 0 atom stereocenters. The van der Waals surface area contributed by atoms with Crippen molar-refractivity contribution in [3.05, 3.63) is 22.7 Å². The van der Waals surface area contributed by atoms with Crippen molar-refractivity contribution < 1.29 is 0 Å². The molecule has 2 rings (SSSR count). The number of aromatic amines is 1. The minimum atomic E-state index is -0.140. The van der Waals surface area contributed by atoms with E-state index in [0.29, 0.717) is 5.82 Å². The van der Waals surface area contributed by atoms with Crippen molar-refractivity contribution in [3.8, 4) is 0 Å². The highest BCUT2D eigenvalue weighted by atomic mass is 16.1. The maximum absolute atomic E-state index is 11.2. The molecule has 0 aliphatic heterocycles. The molecule has 1 aliphatic carbocycles. The van der Waals surface area contributed by atoms with Gasteiger partial charge in [-0.2, -0.15) is 0 Å². The number of nitrogens with one attached hydrogen (secondary N) is 2. The summed E-state index contributed by atoms with van der Waals surface area (Å²) in [5, 5.41) is 3.04. The number of rotatable bonds is 5. The minimum Gasteiger partial charge on any atom is -0.365 e. The Balaban J connectivity index is 1.73. The summed E-state index contributed by atoms with van der Waals surface area (Å²) in [5.41, 5.74) is -0.140. The molecule has 1 aliphatic rings. The summed E-state index contributed by atoms with van der Waals surface area (Å²) < 4.78 is 0. The average molecular weight is 193 g/mol. The Morgan fingerprint density at radius 1 is 1.57 bits per heavy atom. The van der Waals surface area contributed by atoms with Crippen LogP contribution in [0.4, 0.5) is 5.82 Å². The zero-order valence-electron chi connectivity index (χ0n) is 8.12. The zero-order chi connectivity index (χ0) is 9.80. The molecule has 0 unspecified atom stereocenters. The van der Waals surface area contributed by atoms with Gasteiger partial charge >= 0.3 is 0 Å². The molecule has 0 radical (unpaired) electrons. The summed E-state index contributed by atoms with van der Waals surface area (Å²) in [6.45, 7) is 0.844. The summed E-state index contributed by atoms with van der Waals surface area (Å²) in [6.07, 6.45) is 8.31. The summed E-state index contributed by atoms with van der Waals surface area (Å²) in [4.78, 5) is 17.7. The van der Waals surface area contributed by atoms with Crippen LogP contribution in [0.2, 0.25) is 0 Å². The van der Waals surface area contributed by atoms with Crippen molar-refractivity contribution in [2.75, 3.05) is 11.9 Å². The van der Waals surface area contributed by atoms with E-state index < -0.39 is 0 Å². The smallest absolute Gasteiger partial charge is 0.290 e. The van der Waals surface area contributed by atoms with Crippen LogP contribution in [0.3, 0.4) is 0 Å². The highest BCUT2D eigenvalue weighted by Gasteiger charge is 2.19. The van der Waals surface area contributed by atoms with Crippen LogP contribution in [0, 0.1) is 5.92 Å². The molecule has 0 amide bonds. The Bertz CT molecular complexity index is 343. The first kappa shape index (κ1) is 9.24. The lowest BCUT2D eigenvalue weighted by atomic mass is 10.2. The summed E-state index contributed by atoms with van der Waals surface area (Å²) in [6, 6.07) is 0. The Labute approximate surface area is 82.8 Å². The van der Waals surface area contributed by atoms with Crippen LogP contribution >= 0.6 is 0 Å². The van der Waals surface area contributed by atoms with Gasteiger partial charge < -0.3 is 10.3 Å². The van der Waals surface area contributed by atoms with Gasteiger partial charge in [0.15, 0.2) is 5.82 Å². The molecule has 1 fully saturated rings. The molecule has 0 bridgehead atoms. The van der Waals surface area contributed by atoms with E-state index >= 15 is 0 Å². The van der Waals surface area contributed by atoms with Gasteiger partial charge in [0.25, 0.3) is 5.56 Å². The number of hydrogen-bond acceptors (Lipinski definition) is 3. The number of H-pyrrole nitrogens is 1. The Morgan fingerprint density at radius 3 is 3.14 bits per heavy atom. The minimum absolute atomic E-state index is 0.140. The molecule has 14 heavy (non-hydrogen) atoms. The maximum Gasteiger partial charge on any atom is 0.290 e. The fourth-order valence-corrected chi connectivity index (χ4v) is 1.48. The zero-order valence-corrected chi connectivity index (χ0v) is 8.12. The van der Waals surface area contributed by atoms with Crippen LogP contribution in [0.1, 0.15) is 25.7 Å². The van der Waals surface area contributed by atoms with Crippen molar-refractivity contribution in [2.24, 2.45) is 5.92 Å². The quantitative estimate of drug-likeness (QED) is 0.694. The first-order chi connectivity index (χ1) is 6.86. The van der Waals surface area contributed by atoms with Gasteiger partial charge in [0.1, 0.15) is 0 Å². The lowest BCUT2D eigenvalue weighted by molar-refractivity contribution is 0.686. The van der Waals surface area contributed by atoms with E-state index in [1.54, 1.807) is 6.20 Å². The molecule has 0 aromatic carbocycles. The molecule has 1 aromatic rings. The van der Waals surface area contributed by atoms with E-state index in [-0.39, 0.29) is 5.56 Å². The van der Waals surface area contributed by atoms with Gasteiger partial charge in [0.05, 0.1) is 0 Å². The third-order valence-electron chi connectivity index (χ3n) is 2.49. The molecule has 76 valence electrons. The fraction of sp³-hybridized carbons (Fsp3) is 0.600. The second-order valence-corrected chi connectivity index (χ2v) is 3.78. The van der Waals surface area contributed by atoms with E-state index in [0.717, 1.165) is 18.9 Å². The predicted molar refractivity (Wildman–Crippen MR) is 55.3 cm³/mol. The topological polar surface area (TPSA) is 57.8 Å². The van der Waals surface area contributed by atoms with Gasteiger partial charge in [0.2, 0.25) is 0 Å². The lowest BCUT2D eigenvalue weighted by Gasteiger charge is -2.02. The second-order valence-electron chi connectivity index (χ2n) is 3.78. The van der Waals surface area contributed by atoms with Crippen LogP contribution in [0.25, 0.3) is 0 Å². The maximum atomic E-state index is 11.2. The fourth-order valence-electron chi connectivity index (χ4n) is 1.48. The monoisotopic (exact) mass is 193 g/mol. The number of hydrogen-bond donors (Lipinski definition) is 2. The standard InChI is InChI=1S/C10H15N3O/c14-10-9(12-6-7-13-10)11-5-1-2-8-3-4-8/h6-8H,1-5H2,(H,11,12)(H,13,14). The molecule has 0 spiro atoms. The van der Waals surface area contributed by atoms with Crippen molar-refractivity contribution in [3.63, 3.8) is 0 Å². The Morgan fingerprint density at radius 2 is 2.43 bits per heavy atom. The molecule has 1 saturated carbocycles. The van der Waals surface area contributed by atoms with E-state index in [2.05, 4.69) is 15.3 Å². The van der Waals surface area contributed by atoms with E-state index in [1.165, 1.54) is 25.5 Å². The van der Waals surface area contributed by atoms with Gasteiger partial charge in [-0.1, -0.05) is 12.8 Å². The van der Waals surface area contributed by atoms with Crippen molar-refractivity contribution in [2.45, 2.75) is 25.7 Å². The lowest BCUT2D eigenvalue weighted by Crippen LogP contribution is -2.16. The molecule has 0 saturated heterocycles. The molecular weight excluding hydrogens is 178 g/mol. The Hall–Kier alpha value is -1.32. The average Bonchev–Trinajstić information content (AvgIpc) is 2.99. The van der Waals surface area contributed by atoms with Crippen molar-refractivity contribution >= 4 is 5.82 Å². The third-order valence-corrected chi connectivity index (χ3v) is 2.49. The van der Waals surface area contributed by atoms with E-state index in [1.807, 2.05) is 0 Å². The summed E-state index contributed by atoms with van der Waals surface area (Å²) >= 11 is 0. The number of nitrogens with zero attached hydrogens (tertiary/aromatic N) is 1.